The van der Waals surface area contributed by atoms with Gasteiger partial charge in [-0.2, -0.15) is 0 Å². The Kier molecular flexibility index (Phi) is 5.54. The number of halogens is 1. The molecule has 4 heteroatoms. The molecule has 98 valence electrons. The normalized spacial score (nSPS) is 10.2. The van der Waals surface area contributed by atoms with Crippen molar-refractivity contribution in [3.05, 3.63) is 34.9 Å². The zero-order chi connectivity index (χ0) is 13.7. The van der Waals surface area contributed by atoms with Gasteiger partial charge in [0.2, 0.25) is 0 Å². The first-order valence-corrected chi connectivity index (χ1v) is 7.16. The van der Waals surface area contributed by atoms with Crippen LogP contribution in [-0.2, 0) is 0 Å². The molecule has 0 aliphatic rings. The number of carbonyl (C=O) groups excluding carboxylic acids is 2. The number of nitrogens with zero attached hydrogens (tertiary/aromatic N) is 1. The Morgan fingerprint density at radius 3 is 2.22 bits per heavy atom. The summed E-state index contributed by atoms with van der Waals surface area (Å²) in [5, 5.41) is 0.275. The van der Waals surface area contributed by atoms with Crippen LogP contribution < -0.4 is 0 Å². The molecule has 0 unspecified atom stereocenters. The Balaban J connectivity index is 3.18. The van der Waals surface area contributed by atoms with Gasteiger partial charge in [-0.25, -0.2) is 0 Å². The van der Waals surface area contributed by atoms with Crippen LogP contribution in [0.15, 0.2) is 18.2 Å². The number of ketones is 1. The average molecular weight is 312 g/mol. The van der Waals surface area contributed by atoms with Crippen LogP contribution in [0.25, 0.3) is 0 Å². The molecular weight excluding hydrogens is 294 g/mol. The van der Waals surface area contributed by atoms with Crippen molar-refractivity contribution in [2.75, 3.05) is 18.4 Å². The van der Waals surface area contributed by atoms with Crippen molar-refractivity contribution in [2.45, 2.75) is 20.8 Å². The van der Waals surface area contributed by atoms with Gasteiger partial charge >= 0.3 is 0 Å². The minimum Gasteiger partial charge on any atom is -0.339 e. The van der Waals surface area contributed by atoms with Crippen LogP contribution in [0.2, 0.25) is 0 Å². The molecule has 0 spiro atoms. The molecule has 1 aromatic rings. The third-order valence-electron chi connectivity index (χ3n) is 3.04. The van der Waals surface area contributed by atoms with E-state index in [4.69, 9.17) is 0 Å². The second-order valence-corrected chi connectivity index (χ2v) is 4.57. The fourth-order valence-electron chi connectivity index (χ4n) is 1.92. The summed E-state index contributed by atoms with van der Waals surface area (Å²) in [6.45, 7) is 7.07. The Morgan fingerprint density at radius 2 is 1.72 bits per heavy atom. The molecule has 0 saturated carbocycles. The molecule has 1 aromatic carbocycles. The number of benzene rings is 1. The maximum atomic E-state index is 12.3. The van der Waals surface area contributed by atoms with Crippen LogP contribution in [-0.4, -0.2) is 35.0 Å². The van der Waals surface area contributed by atoms with Gasteiger partial charge < -0.3 is 4.90 Å². The monoisotopic (exact) mass is 311 g/mol. The summed E-state index contributed by atoms with van der Waals surface area (Å²) in [5.74, 6) is -0.0107. The highest BCUT2D eigenvalue weighted by Crippen LogP contribution is 2.17. The molecule has 3 nitrogen and oxygen atoms in total. The summed E-state index contributed by atoms with van der Waals surface area (Å²) in [5.41, 5.74) is 1.99. The summed E-state index contributed by atoms with van der Waals surface area (Å²) in [6, 6.07) is 5.30. The van der Waals surface area contributed by atoms with Crippen molar-refractivity contribution in [3.63, 3.8) is 0 Å². The van der Waals surface area contributed by atoms with E-state index < -0.39 is 0 Å². The molecule has 0 saturated heterocycles. The van der Waals surface area contributed by atoms with Crippen LogP contribution >= 0.6 is 15.9 Å². The molecule has 0 heterocycles. The van der Waals surface area contributed by atoms with Gasteiger partial charge in [-0.05, 0) is 32.4 Å². The van der Waals surface area contributed by atoms with E-state index in [1.807, 2.05) is 20.8 Å². The predicted octanol–water partition coefficient (Wildman–Crippen LogP) is 3.05. The van der Waals surface area contributed by atoms with Crippen molar-refractivity contribution in [1.82, 2.24) is 4.90 Å². The highest BCUT2D eigenvalue weighted by Gasteiger charge is 2.18. The SMILES string of the molecule is CCN(CC)C(=O)c1cccc(C(=O)CBr)c1C. The lowest BCUT2D eigenvalue weighted by Crippen LogP contribution is -2.31. The van der Waals surface area contributed by atoms with E-state index in [9.17, 15) is 9.59 Å². The van der Waals surface area contributed by atoms with Gasteiger partial charge in [-0.1, -0.05) is 28.1 Å². The molecule has 0 fully saturated rings. The first-order chi connectivity index (χ1) is 8.56. The van der Waals surface area contributed by atoms with Crippen LogP contribution in [0.1, 0.15) is 40.1 Å². The van der Waals surface area contributed by atoms with Crippen LogP contribution in [0.3, 0.4) is 0 Å². The zero-order valence-corrected chi connectivity index (χ0v) is 12.6. The van der Waals surface area contributed by atoms with Crippen molar-refractivity contribution >= 4 is 27.6 Å². The quantitative estimate of drug-likeness (QED) is 0.619. The van der Waals surface area contributed by atoms with Crippen LogP contribution in [0.4, 0.5) is 0 Å². The lowest BCUT2D eigenvalue weighted by molar-refractivity contribution is 0.0772. The van der Waals surface area contributed by atoms with Gasteiger partial charge in [0, 0.05) is 24.2 Å². The predicted molar refractivity (Wildman–Crippen MR) is 76.6 cm³/mol. The van der Waals surface area contributed by atoms with E-state index >= 15 is 0 Å². The zero-order valence-electron chi connectivity index (χ0n) is 11.0. The maximum absolute atomic E-state index is 12.3. The fourth-order valence-corrected chi connectivity index (χ4v) is 2.22. The summed E-state index contributed by atoms with van der Waals surface area (Å²) in [4.78, 5) is 25.8. The smallest absolute Gasteiger partial charge is 0.254 e. The van der Waals surface area contributed by atoms with Gasteiger partial charge in [-0.3, -0.25) is 9.59 Å². The first-order valence-electron chi connectivity index (χ1n) is 6.04. The van der Waals surface area contributed by atoms with Gasteiger partial charge in [-0.15, -0.1) is 0 Å². The third-order valence-corrected chi connectivity index (χ3v) is 3.55. The minimum atomic E-state index is -0.0123. The van der Waals surface area contributed by atoms with E-state index in [2.05, 4.69) is 15.9 Å². The topological polar surface area (TPSA) is 37.4 Å². The summed E-state index contributed by atoms with van der Waals surface area (Å²) < 4.78 is 0. The highest BCUT2D eigenvalue weighted by atomic mass is 79.9. The molecule has 0 aliphatic carbocycles. The summed E-state index contributed by atoms with van der Waals surface area (Å²) >= 11 is 3.16. The van der Waals surface area contributed by atoms with Gasteiger partial charge in [0.25, 0.3) is 5.91 Å². The van der Waals surface area contributed by atoms with Crippen LogP contribution in [0.5, 0.6) is 0 Å². The van der Waals surface area contributed by atoms with E-state index in [1.165, 1.54) is 0 Å². The molecular formula is C14H18BrNO2. The molecule has 0 aliphatic heterocycles. The maximum Gasteiger partial charge on any atom is 0.254 e. The average Bonchev–Trinajstić information content (AvgIpc) is 2.39. The second kappa shape index (κ2) is 6.69. The van der Waals surface area contributed by atoms with E-state index in [-0.39, 0.29) is 17.0 Å². The second-order valence-electron chi connectivity index (χ2n) is 4.01. The lowest BCUT2D eigenvalue weighted by atomic mass is 9.99. The molecule has 0 atom stereocenters. The summed E-state index contributed by atoms with van der Waals surface area (Å²) in [7, 11) is 0. The van der Waals surface area contributed by atoms with Crippen molar-refractivity contribution in [3.8, 4) is 0 Å². The molecule has 0 bridgehead atoms. The van der Waals surface area contributed by atoms with E-state index in [0.29, 0.717) is 24.2 Å². The molecule has 0 N–H and O–H groups in total. The molecule has 18 heavy (non-hydrogen) atoms. The molecule has 0 radical (unpaired) electrons. The number of amides is 1. The highest BCUT2D eigenvalue weighted by molar-refractivity contribution is 9.09. The van der Waals surface area contributed by atoms with Crippen molar-refractivity contribution in [1.29, 1.82) is 0 Å². The first kappa shape index (κ1) is 14.9. The number of Topliss-reactive ketones (excluding diaryl/α,β-unsaturated/α-hetero) is 1. The largest absolute Gasteiger partial charge is 0.339 e. The van der Waals surface area contributed by atoms with Crippen molar-refractivity contribution < 1.29 is 9.59 Å². The van der Waals surface area contributed by atoms with E-state index in [0.717, 1.165) is 5.56 Å². The Bertz CT molecular complexity index is 453. The lowest BCUT2D eigenvalue weighted by Gasteiger charge is -2.20. The van der Waals surface area contributed by atoms with Crippen molar-refractivity contribution in [2.24, 2.45) is 0 Å². The summed E-state index contributed by atoms with van der Waals surface area (Å²) in [6.07, 6.45) is 0. The standard InChI is InChI=1S/C14H18BrNO2/c1-4-16(5-2)14(18)12-8-6-7-11(10(12)3)13(17)9-15/h6-8H,4-5,9H2,1-3H3. The number of carbonyl (C=O) groups is 2. The fraction of sp³-hybridized carbons (Fsp3) is 0.429. The van der Waals surface area contributed by atoms with Crippen LogP contribution in [0, 0.1) is 6.92 Å². The third kappa shape index (κ3) is 2.99. The minimum absolute atomic E-state index is 0.00157. The number of alkyl halides is 1. The number of hydrogen-bond acceptors (Lipinski definition) is 2. The number of rotatable bonds is 5. The van der Waals surface area contributed by atoms with Gasteiger partial charge in [0.15, 0.2) is 5.78 Å². The van der Waals surface area contributed by atoms with E-state index in [1.54, 1.807) is 23.1 Å². The molecule has 1 amide bonds. The number of hydrogen-bond donors (Lipinski definition) is 0. The Morgan fingerprint density at radius 1 is 1.17 bits per heavy atom. The van der Waals surface area contributed by atoms with Gasteiger partial charge in [0.05, 0.1) is 5.33 Å². The van der Waals surface area contributed by atoms with Gasteiger partial charge in [0.1, 0.15) is 0 Å². The Labute approximate surface area is 116 Å². The molecule has 1 rings (SSSR count). The Hall–Kier alpha value is -1.16. The molecule has 0 aromatic heterocycles.